The highest BCUT2D eigenvalue weighted by Crippen LogP contribution is 2.34. The van der Waals surface area contributed by atoms with E-state index < -0.39 is 16.7 Å². The second-order valence-electron chi connectivity index (χ2n) is 7.17. The lowest BCUT2D eigenvalue weighted by molar-refractivity contribution is -0.402. The van der Waals surface area contributed by atoms with Crippen molar-refractivity contribution in [2.45, 2.75) is 13.3 Å². The van der Waals surface area contributed by atoms with Gasteiger partial charge in [-0.3, -0.25) is 24.7 Å². The SMILES string of the molecule is Cc1c(Cl)ccc2sc(N(CCCN3CCOCC3)C(=O)c3ccc([N+](=O)[O-])o3)nc12. The standard InChI is InChI=1S/C20H21ClN4O5S/c1-13-14(21)3-5-16-18(13)22-20(31-16)24(8-2-7-23-9-11-29-12-10-23)19(26)15-4-6-17(30-15)25(27)28/h3-6H,2,7-12H2,1H3. The molecule has 0 N–H and O–H groups in total. The fourth-order valence-corrected chi connectivity index (χ4v) is 4.64. The van der Waals surface area contributed by atoms with Crippen molar-refractivity contribution >= 4 is 50.1 Å². The first-order valence-corrected chi connectivity index (χ1v) is 11.1. The van der Waals surface area contributed by atoms with Gasteiger partial charge in [0.05, 0.1) is 29.5 Å². The summed E-state index contributed by atoms with van der Waals surface area (Å²) in [5.41, 5.74) is 1.58. The molecule has 2 aromatic heterocycles. The Hall–Kier alpha value is -2.53. The number of nitro groups is 1. The molecule has 1 aliphatic heterocycles. The third-order valence-electron chi connectivity index (χ3n) is 5.15. The molecule has 0 unspecified atom stereocenters. The van der Waals surface area contributed by atoms with Crippen LogP contribution in [0.1, 0.15) is 22.5 Å². The fraction of sp³-hybridized carbons (Fsp3) is 0.400. The monoisotopic (exact) mass is 464 g/mol. The first kappa shape index (κ1) is 21.7. The van der Waals surface area contributed by atoms with Crippen LogP contribution in [-0.2, 0) is 4.74 Å². The van der Waals surface area contributed by atoms with E-state index >= 15 is 0 Å². The zero-order valence-corrected chi connectivity index (χ0v) is 18.4. The van der Waals surface area contributed by atoms with Crippen LogP contribution in [0.5, 0.6) is 0 Å². The predicted octanol–water partition coefficient (Wildman–Crippen LogP) is 4.13. The number of anilines is 1. The Morgan fingerprint density at radius 3 is 2.81 bits per heavy atom. The minimum atomic E-state index is -0.664. The van der Waals surface area contributed by atoms with E-state index in [2.05, 4.69) is 9.88 Å². The second kappa shape index (κ2) is 9.31. The summed E-state index contributed by atoms with van der Waals surface area (Å²) in [5.74, 6) is -1.02. The van der Waals surface area contributed by atoms with Gasteiger partial charge in [-0.25, -0.2) is 4.98 Å². The summed E-state index contributed by atoms with van der Waals surface area (Å²) in [6, 6.07) is 6.19. The topological polar surface area (TPSA) is 102 Å². The number of nitrogens with zero attached hydrogens (tertiary/aromatic N) is 4. The number of carbonyl (C=O) groups is 1. The molecular weight excluding hydrogens is 444 g/mol. The lowest BCUT2D eigenvalue weighted by Crippen LogP contribution is -2.39. The van der Waals surface area contributed by atoms with Crippen LogP contribution in [-0.4, -0.2) is 60.1 Å². The summed E-state index contributed by atoms with van der Waals surface area (Å²) in [5, 5.41) is 12.1. The first-order chi connectivity index (χ1) is 14.9. The van der Waals surface area contributed by atoms with E-state index in [0.29, 0.717) is 36.3 Å². The number of aromatic nitrogens is 1. The number of rotatable bonds is 7. The highest BCUT2D eigenvalue weighted by Gasteiger charge is 2.26. The first-order valence-electron chi connectivity index (χ1n) is 9.86. The number of carbonyl (C=O) groups excluding carboxylic acids is 1. The third-order valence-corrected chi connectivity index (χ3v) is 6.61. The number of furan rings is 1. The average molecular weight is 465 g/mol. The highest BCUT2D eigenvalue weighted by atomic mass is 35.5. The van der Waals surface area contributed by atoms with Crippen molar-refractivity contribution in [3.8, 4) is 0 Å². The molecule has 3 aromatic rings. The maximum Gasteiger partial charge on any atom is 0.433 e. The molecule has 0 bridgehead atoms. The summed E-state index contributed by atoms with van der Waals surface area (Å²) in [6.45, 7) is 6.22. The molecule has 0 atom stereocenters. The zero-order valence-electron chi connectivity index (χ0n) is 16.9. The molecule has 1 saturated heterocycles. The summed E-state index contributed by atoms with van der Waals surface area (Å²) >= 11 is 7.60. The number of thiazole rings is 1. The van der Waals surface area contributed by atoms with Gasteiger partial charge in [0.15, 0.2) is 10.9 Å². The molecule has 9 nitrogen and oxygen atoms in total. The maximum atomic E-state index is 13.2. The molecular formula is C20H21ClN4O5S. The summed E-state index contributed by atoms with van der Waals surface area (Å²) in [7, 11) is 0. The van der Waals surface area contributed by atoms with Crippen molar-refractivity contribution in [2.75, 3.05) is 44.3 Å². The molecule has 1 amide bonds. The summed E-state index contributed by atoms with van der Waals surface area (Å²) < 4.78 is 11.4. The van der Waals surface area contributed by atoms with Crippen molar-refractivity contribution in [1.82, 2.24) is 9.88 Å². The van der Waals surface area contributed by atoms with Crippen LogP contribution >= 0.6 is 22.9 Å². The van der Waals surface area contributed by atoms with Crippen LogP contribution in [0.3, 0.4) is 0 Å². The molecule has 164 valence electrons. The van der Waals surface area contributed by atoms with Crippen molar-refractivity contribution in [1.29, 1.82) is 0 Å². The third kappa shape index (κ3) is 4.72. The minimum absolute atomic E-state index is 0.0907. The Balaban J connectivity index is 1.60. The smallest absolute Gasteiger partial charge is 0.395 e. The Morgan fingerprint density at radius 2 is 2.10 bits per heavy atom. The van der Waals surface area contributed by atoms with Crippen LogP contribution < -0.4 is 4.90 Å². The lowest BCUT2D eigenvalue weighted by atomic mass is 10.2. The Bertz CT molecular complexity index is 1110. The number of halogens is 1. The Labute approximate surface area is 187 Å². The quantitative estimate of drug-likeness (QED) is 0.382. The van der Waals surface area contributed by atoms with Crippen molar-refractivity contribution in [3.63, 3.8) is 0 Å². The zero-order chi connectivity index (χ0) is 22.0. The number of fused-ring (bicyclic) bond motifs is 1. The average Bonchev–Trinajstić information content (AvgIpc) is 3.42. The van der Waals surface area contributed by atoms with E-state index in [1.54, 1.807) is 0 Å². The number of ether oxygens (including phenoxy) is 1. The van der Waals surface area contributed by atoms with E-state index in [-0.39, 0.29) is 5.76 Å². The van der Waals surface area contributed by atoms with Crippen molar-refractivity contribution in [3.05, 3.63) is 50.7 Å². The second-order valence-corrected chi connectivity index (χ2v) is 8.59. The lowest BCUT2D eigenvalue weighted by Gasteiger charge is -2.27. The van der Waals surface area contributed by atoms with Crippen molar-refractivity contribution < 1.29 is 18.9 Å². The number of aryl methyl sites for hydroxylation is 1. The number of morpholine rings is 1. The minimum Gasteiger partial charge on any atom is -0.395 e. The van der Waals surface area contributed by atoms with Gasteiger partial charge >= 0.3 is 5.88 Å². The van der Waals surface area contributed by atoms with E-state index in [9.17, 15) is 14.9 Å². The summed E-state index contributed by atoms with van der Waals surface area (Å²) in [4.78, 5) is 32.0. The van der Waals surface area contributed by atoms with E-state index in [1.165, 1.54) is 28.4 Å². The number of hydrogen-bond donors (Lipinski definition) is 0. The van der Waals surface area contributed by atoms with Crippen molar-refractivity contribution in [2.24, 2.45) is 0 Å². The van der Waals surface area contributed by atoms with Crippen LogP contribution in [0.15, 0.2) is 28.7 Å². The normalized spacial score (nSPS) is 14.8. The van der Waals surface area contributed by atoms with Gasteiger partial charge in [-0.05, 0) is 37.1 Å². The van der Waals surface area contributed by atoms with Gasteiger partial charge < -0.3 is 9.15 Å². The predicted molar refractivity (Wildman–Crippen MR) is 118 cm³/mol. The van der Waals surface area contributed by atoms with Gasteiger partial charge in [0.25, 0.3) is 5.91 Å². The van der Waals surface area contributed by atoms with Crippen LogP contribution in [0.25, 0.3) is 10.2 Å². The molecule has 1 aliphatic rings. The van der Waals surface area contributed by atoms with E-state index in [4.69, 9.17) is 20.8 Å². The van der Waals surface area contributed by atoms with Crippen LogP contribution in [0.2, 0.25) is 5.02 Å². The number of benzene rings is 1. The number of amides is 1. The summed E-state index contributed by atoms with van der Waals surface area (Å²) in [6.07, 6.45) is 0.713. The molecule has 1 fully saturated rings. The van der Waals surface area contributed by atoms with Crippen LogP contribution in [0.4, 0.5) is 11.0 Å². The molecule has 4 rings (SSSR count). The Morgan fingerprint density at radius 1 is 1.32 bits per heavy atom. The molecule has 0 saturated carbocycles. The molecule has 0 radical (unpaired) electrons. The maximum absolute atomic E-state index is 13.2. The van der Waals surface area contributed by atoms with Gasteiger partial charge in [-0.2, -0.15) is 0 Å². The van der Waals surface area contributed by atoms with E-state index in [1.807, 2.05) is 19.1 Å². The molecule has 11 heteroatoms. The molecule has 0 spiro atoms. The van der Waals surface area contributed by atoms with Gasteiger partial charge in [0.2, 0.25) is 0 Å². The largest absolute Gasteiger partial charge is 0.433 e. The van der Waals surface area contributed by atoms with Gasteiger partial charge in [0, 0.05) is 31.2 Å². The molecule has 0 aliphatic carbocycles. The fourth-order valence-electron chi connectivity index (χ4n) is 3.44. The molecule has 1 aromatic carbocycles. The molecule has 3 heterocycles. The van der Waals surface area contributed by atoms with Gasteiger partial charge in [-0.1, -0.05) is 22.9 Å². The number of hydrogen-bond acceptors (Lipinski definition) is 8. The Kier molecular flexibility index (Phi) is 6.51. The van der Waals surface area contributed by atoms with E-state index in [0.717, 1.165) is 35.4 Å². The molecule has 31 heavy (non-hydrogen) atoms. The van der Waals surface area contributed by atoms with Gasteiger partial charge in [0.1, 0.15) is 4.92 Å². The van der Waals surface area contributed by atoms with Gasteiger partial charge in [-0.15, -0.1) is 0 Å². The highest BCUT2D eigenvalue weighted by molar-refractivity contribution is 7.22. The van der Waals surface area contributed by atoms with Crippen LogP contribution in [0, 0.1) is 17.0 Å².